The molecule has 1 fully saturated rings. The summed E-state index contributed by atoms with van der Waals surface area (Å²) in [6, 6.07) is 11.3. The molecular weight excluding hydrogens is 402 g/mol. The van der Waals surface area contributed by atoms with Crippen molar-refractivity contribution >= 4 is 23.5 Å². The minimum atomic E-state index is -0.734. The van der Waals surface area contributed by atoms with E-state index in [1.54, 1.807) is 12.1 Å². The minimum absolute atomic E-state index is 0.0481. The predicted molar refractivity (Wildman–Crippen MR) is 113 cm³/mol. The summed E-state index contributed by atoms with van der Waals surface area (Å²) >= 11 is 0. The van der Waals surface area contributed by atoms with Crippen molar-refractivity contribution in [3.05, 3.63) is 48.0 Å². The third kappa shape index (κ3) is 5.06. The normalized spacial score (nSPS) is 15.5. The van der Waals surface area contributed by atoms with Crippen LogP contribution in [0.25, 0.3) is 0 Å². The zero-order chi connectivity index (χ0) is 22.4. The van der Waals surface area contributed by atoms with E-state index in [9.17, 15) is 14.4 Å². The Morgan fingerprint density at radius 2 is 1.68 bits per heavy atom. The molecule has 4 amide bonds. The van der Waals surface area contributed by atoms with Crippen LogP contribution < -0.4 is 24.8 Å². The molecule has 0 bridgehead atoms. The van der Waals surface area contributed by atoms with Gasteiger partial charge in [0.2, 0.25) is 11.7 Å². The van der Waals surface area contributed by atoms with Gasteiger partial charge in [-0.3, -0.25) is 14.5 Å². The Hall–Kier alpha value is -3.75. The van der Waals surface area contributed by atoms with Gasteiger partial charge in [0.1, 0.15) is 6.04 Å². The SMILES string of the molecule is COc1cc(NC(=O)CC[C@H]2NC(=O)N(Cc3ccccc3)C2=O)cc(OC)c1OC. The largest absolute Gasteiger partial charge is 0.493 e. The third-order valence-corrected chi connectivity index (χ3v) is 4.90. The van der Waals surface area contributed by atoms with Gasteiger partial charge in [0.15, 0.2) is 11.5 Å². The van der Waals surface area contributed by atoms with Gasteiger partial charge in [-0.05, 0) is 12.0 Å². The van der Waals surface area contributed by atoms with E-state index in [0.717, 1.165) is 10.5 Å². The number of ether oxygens (including phenoxy) is 3. The number of carbonyl (C=O) groups excluding carboxylic acids is 3. The number of nitrogens with zero attached hydrogens (tertiary/aromatic N) is 1. The Kier molecular flexibility index (Phi) is 6.96. The van der Waals surface area contributed by atoms with Gasteiger partial charge in [-0.15, -0.1) is 0 Å². The Morgan fingerprint density at radius 3 is 2.26 bits per heavy atom. The van der Waals surface area contributed by atoms with Gasteiger partial charge in [0, 0.05) is 24.2 Å². The van der Waals surface area contributed by atoms with E-state index in [-0.39, 0.29) is 31.2 Å². The molecular formula is C22H25N3O6. The zero-order valence-electron chi connectivity index (χ0n) is 17.6. The van der Waals surface area contributed by atoms with Crippen molar-refractivity contribution in [1.82, 2.24) is 10.2 Å². The molecule has 3 rings (SSSR count). The summed E-state index contributed by atoms with van der Waals surface area (Å²) in [7, 11) is 4.46. The van der Waals surface area contributed by atoms with Crippen molar-refractivity contribution in [2.24, 2.45) is 0 Å². The highest BCUT2D eigenvalue weighted by molar-refractivity contribution is 6.04. The number of urea groups is 1. The molecule has 9 nitrogen and oxygen atoms in total. The average molecular weight is 427 g/mol. The van der Waals surface area contributed by atoms with E-state index in [2.05, 4.69) is 10.6 Å². The van der Waals surface area contributed by atoms with E-state index in [1.165, 1.54) is 21.3 Å². The quantitative estimate of drug-likeness (QED) is 0.596. The summed E-state index contributed by atoms with van der Waals surface area (Å²) in [6.07, 6.45) is 0.235. The first-order valence-electron chi connectivity index (χ1n) is 9.72. The van der Waals surface area contributed by atoms with E-state index in [4.69, 9.17) is 14.2 Å². The summed E-state index contributed by atoms with van der Waals surface area (Å²) in [6.45, 7) is 0.194. The minimum Gasteiger partial charge on any atom is -0.493 e. The van der Waals surface area contributed by atoms with Crippen LogP contribution in [0.15, 0.2) is 42.5 Å². The van der Waals surface area contributed by atoms with Crippen LogP contribution in [0.4, 0.5) is 10.5 Å². The van der Waals surface area contributed by atoms with E-state index >= 15 is 0 Å². The fourth-order valence-corrected chi connectivity index (χ4v) is 3.34. The monoisotopic (exact) mass is 427 g/mol. The van der Waals surface area contributed by atoms with E-state index in [0.29, 0.717) is 22.9 Å². The number of imide groups is 1. The second-order valence-electron chi connectivity index (χ2n) is 6.91. The van der Waals surface area contributed by atoms with Crippen LogP contribution in [0.2, 0.25) is 0 Å². The van der Waals surface area contributed by atoms with Crippen LogP contribution in [0.1, 0.15) is 18.4 Å². The first-order chi connectivity index (χ1) is 15.0. The number of amides is 4. The molecule has 2 aromatic carbocycles. The van der Waals surface area contributed by atoms with Crippen molar-refractivity contribution < 1.29 is 28.6 Å². The van der Waals surface area contributed by atoms with Gasteiger partial charge in [0.05, 0.1) is 27.9 Å². The van der Waals surface area contributed by atoms with Crippen LogP contribution in [-0.4, -0.2) is 50.1 Å². The van der Waals surface area contributed by atoms with Crippen molar-refractivity contribution in [2.75, 3.05) is 26.6 Å². The molecule has 1 saturated heterocycles. The summed E-state index contributed by atoms with van der Waals surface area (Å²) in [5.74, 6) is 0.590. The van der Waals surface area contributed by atoms with Gasteiger partial charge < -0.3 is 24.8 Å². The molecule has 1 aliphatic heterocycles. The molecule has 0 saturated carbocycles. The molecule has 0 aromatic heterocycles. The predicted octanol–water partition coefficient (Wildman–Crippen LogP) is 2.55. The lowest BCUT2D eigenvalue weighted by atomic mass is 10.1. The van der Waals surface area contributed by atoms with Gasteiger partial charge in [0.25, 0.3) is 5.91 Å². The molecule has 1 aliphatic rings. The summed E-state index contributed by atoms with van der Waals surface area (Å²) < 4.78 is 15.8. The Balaban J connectivity index is 1.58. The highest BCUT2D eigenvalue weighted by Gasteiger charge is 2.37. The second-order valence-corrected chi connectivity index (χ2v) is 6.91. The van der Waals surface area contributed by atoms with Crippen LogP contribution in [0.3, 0.4) is 0 Å². The Bertz CT molecular complexity index is 938. The average Bonchev–Trinajstić information content (AvgIpc) is 3.05. The van der Waals surface area contributed by atoms with Crippen LogP contribution in [0.5, 0.6) is 17.2 Å². The fourth-order valence-electron chi connectivity index (χ4n) is 3.34. The first-order valence-corrected chi connectivity index (χ1v) is 9.72. The molecule has 31 heavy (non-hydrogen) atoms. The number of hydrogen-bond acceptors (Lipinski definition) is 6. The maximum absolute atomic E-state index is 12.6. The van der Waals surface area contributed by atoms with Gasteiger partial charge in [-0.25, -0.2) is 4.79 Å². The van der Waals surface area contributed by atoms with Gasteiger partial charge in [-0.1, -0.05) is 30.3 Å². The Labute approximate surface area is 180 Å². The summed E-state index contributed by atoms with van der Waals surface area (Å²) in [4.78, 5) is 38.4. The first kappa shape index (κ1) is 21.9. The number of methoxy groups -OCH3 is 3. The molecule has 0 spiro atoms. The lowest BCUT2D eigenvalue weighted by molar-refractivity contribution is -0.128. The maximum Gasteiger partial charge on any atom is 0.325 e. The van der Waals surface area contributed by atoms with Crippen LogP contribution >= 0.6 is 0 Å². The summed E-state index contributed by atoms with van der Waals surface area (Å²) in [5, 5.41) is 5.40. The summed E-state index contributed by atoms with van der Waals surface area (Å²) in [5.41, 5.74) is 1.32. The second kappa shape index (κ2) is 9.84. The highest BCUT2D eigenvalue weighted by atomic mass is 16.5. The van der Waals surface area contributed by atoms with E-state index in [1.807, 2.05) is 30.3 Å². The van der Waals surface area contributed by atoms with Crippen LogP contribution in [0, 0.1) is 0 Å². The number of anilines is 1. The lowest BCUT2D eigenvalue weighted by Gasteiger charge is -2.15. The third-order valence-electron chi connectivity index (χ3n) is 4.90. The molecule has 0 aliphatic carbocycles. The maximum atomic E-state index is 12.6. The standard InChI is InChI=1S/C22H25N3O6/c1-29-17-11-15(12-18(30-2)20(17)31-3)23-19(26)10-9-16-21(27)25(22(28)24-16)13-14-7-5-4-6-8-14/h4-8,11-12,16H,9-10,13H2,1-3H3,(H,23,26)(H,24,28)/t16-/m1/s1. The number of hydrogen-bond donors (Lipinski definition) is 2. The van der Waals surface area contributed by atoms with E-state index < -0.39 is 12.1 Å². The molecule has 0 unspecified atom stereocenters. The van der Waals surface area contributed by atoms with Crippen molar-refractivity contribution in [3.63, 3.8) is 0 Å². The van der Waals surface area contributed by atoms with Gasteiger partial charge >= 0.3 is 6.03 Å². The molecule has 1 heterocycles. The number of nitrogens with one attached hydrogen (secondary N) is 2. The Morgan fingerprint density at radius 1 is 1.03 bits per heavy atom. The zero-order valence-corrected chi connectivity index (χ0v) is 17.6. The molecule has 2 aromatic rings. The number of benzene rings is 2. The van der Waals surface area contributed by atoms with Crippen molar-refractivity contribution in [1.29, 1.82) is 0 Å². The van der Waals surface area contributed by atoms with Gasteiger partial charge in [-0.2, -0.15) is 0 Å². The molecule has 0 radical (unpaired) electrons. The van der Waals surface area contributed by atoms with Crippen molar-refractivity contribution in [3.8, 4) is 17.2 Å². The molecule has 2 N–H and O–H groups in total. The lowest BCUT2D eigenvalue weighted by Crippen LogP contribution is -2.31. The molecule has 9 heteroatoms. The van der Waals surface area contributed by atoms with Crippen molar-refractivity contribution in [2.45, 2.75) is 25.4 Å². The molecule has 1 atom stereocenters. The number of rotatable bonds is 9. The number of carbonyl (C=O) groups is 3. The van der Waals surface area contributed by atoms with Crippen LogP contribution in [-0.2, 0) is 16.1 Å². The molecule has 164 valence electrons. The topological polar surface area (TPSA) is 106 Å². The smallest absolute Gasteiger partial charge is 0.325 e. The highest BCUT2D eigenvalue weighted by Crippen LogP contribution is 2.39. The fraction of sp³-hybridized carbons (Fsp3) is 0.318.